The number of nitrogens with zero attached hydrogens (tertiary/aromatic N) is 2. The van der Waals surface area contributed by atoms with E-state index in [2.05, 4.69) is 15.3 Å². The number of ether oxygens (including phenoxy) is 2. The Labute approximate surface area is 140 Å². The number of rotatable bonds is 6. The molecule has 1 fully saturated rings. The van der Waals surface area contributed by atoms with Gasteiger partial charge in [0, 0.05) is 12.5 Å². The van der Waals surface area contributed by atoms with Crippen molar-refractivity contribution in [2.75, 3.05) is 25.1 Å². The largest absolute Gasteiger partial charge is 0.472 e. The number of carbonyl (C=O) groups is 1. The molecule has 0 saturated carbocycles. The number of halogens is 4. The monoisotopic (exact) mass is 368 g/mol. The van der Waals surface area contributed by atoms with Crippen molar-refractivity contribution in [1.82, 2.24) is 15.3 Å². The van der Waals surface area contributed by atoms with Gasteiger partial charge in [0.1, 0.15) is 24.5 Å². The first-order chi connectivity index (χ1) is 11.2. The van der Waals surface area contributed by atoms with Gasteiger partial charge in [0.25, 0.3) is 0 Å². The fraction of sp³-hybridized carbons (Fsp3) is 0.615. The predicted molar refractivity (Wildman–Crippen MR) is 79.0 cm³/mol. The summed E-state index contributed by atoms with van der Waals surface area (Å²) in [5, 5.41) is 4.32. The molecule has 0 spiro atoms. The van der Waals surface area contributed by atoms with Crippen molar-refractivity contribution in [2.45, 2.75) is 31.7 Å². The average Bonchev–Trinajstić information content (AvgIpc) is 2.96. The Balaban J connectivity index is 1.95. The number of anilines is 1. The summed E-state index contributed by atoms with van der Waals surface area (Å²) in [6.45, 7) is 1.01. The highest BCUT2D eigenvalue weighted by Crippen LogP contribution is 2.20. The van der Waals surface area contributed by atoms with Gasteiger partial charge >= 0.3 is 6.18 Å². The zero-order valence-corrected chi connectivity index (χ0v) is 13.4. The number of hydrogen-bond acceptors (Lipinski definition) is 6. The third kappa shape index (κ3) is 6.00. The Morgan fingerprint density at radius 2 is 2.29 bits per heavy atom. The Morgan fingerprint density at radius 3 is 2.92 bits per heavy atom. The first-order valence-electron chi connectivity index (χ1n) is 7.13. The standard InChI is InChI=1S/C13H16ClF3N4O3/c1-7(11(22)18-6-13(15,16)17)19-9-4-10(21-12(14)20-9)24-8-2-3-23-5-8/h4,7-8H,2-3,5-6H2,1H3,(H,18,22)(H,19,20,21)/t7?,8-/m0/s1. The molecule has 0 bridgehead atoms. The van der Waals surface area contributed by atoms with Crippen LogP contribution in [-0.2, 0) is 9.53 Å². The van der Waals surface area contributed by atoms with E-state index < -0.39 is 24.7 Å². The van der Waals surface area contributed by atoms with Crippen LogP contribution in [0.4, 0.5) is 19.0 Å². The summed E-state index contributed by atoms with van der Waals surface area (Å²) in [4.78, 5) is 19.4. The Morgan fingerprint density at radius 1 is 1.54 bits per heavy atom. The topological polar surface area (TPSA) is 85.4 Å². The Bertz CT molecular complexity index is 582. The number of aromatic nitrogens is 2. The molecule has 134 valence electrons. The van der Waals surface area contributed by atoms with Crippen LogP contribution < -0.4 is 15.4 Å². The third-order valence-electron chi connectivity index (χ3n) is 3.07. The van der Waals surface area contributed by atoms with Gasteiger partial charge in [-0.15, -0.1) is 0 Å². The highest BCUT2D eigenvalue weighted by Gasteiger charge is 2.28. The van der Waals surface area contributed by atoms with E-state index in [0.29, 0.717) is 19.6 Å². The van der Waals surface area contributed by atoms with Crippen LogP contribution in [0.15, 0.2) is 6.07 Å². The maximum absolute atomic E-state index is 12.1. The van der Waals surface area contributed by atoms with E-state index >= 15 is 0 Å². The molecule has 7 nitrogen and oxygen atoms in total. The molecule has 24 heavy (non-hydrogen) atoms. The number of amides is 1. The first-order valence-corrected chi connectivity index (χ1v) is 7.51. The van der Waals surface area contributed by atoms with Crippen molar-refractivity contribution in [3.63, 3.8) is 0 Å². The summed E-state index contributed by atoms with van der Waals surface area (Å²) in [7, 11) is 0. The lowest BCUT2D eigenvalue weighted by Gasteiger charge is -2.16. The van der Waals surface area contributed by atoms with E-state index in [1.807, 2.05) is 0 Å². The minimum atomic E-state index is -4.47. The van der Waals surface area contributed by atoms with Gasteiger partial charge in [-0.1, -0.05) is 0 Å². The van der Waals surface area contributed by atoms with Gasteiger partial charge in [0.2, 0.25) is 17.1 Å². The van der Waals surface area contributed by atoms with Crippen molar-refractivity contribution >= 4 is 23.3 Å². The van der Waals surface area contributed by atoms with Gasteiger partial charge in [-0.3, -0.25) is 4.79 Å². The third-order valence-corrected chi connectivity index (χ3v) is 3.24. The van der Waals surface area contributed by atoms with E-state index in [1.54, 1.807) is 5.32 Å². The second-order valence-electron chi connectivity index (χ2n) is 5.16. The van der Waals surface area contributed by atoms with Crippen LogP contribution in [0.1, 0.15) is 13.3 Å². The molecule has 2 N–H and O–H groups in total. The highest BCUT2D eigenvalue weighted by molar-refractivity contribution is 6.28. The summed E-state index contributed by atoms with van der Waals surface area (Å²) in [6.07, 6.45) is -3.92. The molecular formula is C13H16ClF3N4O3. The van der Waals surface area contributed by atoms with E-state index in [0.717, 1.165) is 0 Å². The number of hydrogen-bond donors (Lipinski definition) is 2. The molecule has 2 heterocycles. The van der Waals surface area contributed by atoms with Crippen molar-refractivity contribution in [3.8, 4) is 5.88 Å². The lowest BCUT2D eigenvalue weighted by atomic mass is 10.3. The number of alkyl halides is 3. The predicted octanol–water partition coefficient (Wildman–Crippen LogP) is 1.78. The lowest BCUT2D eigenvalue weighted by molar-refractivity contribution is -0.138. The van der Waals surface area contributed by atoms with Crippen molar-refractivity contribution in [1.29, 1.82) is 0 Å². The molecule has 2 atom stereocenters. The minimum absolute atomic E-state index is 0.114. The molecule has 0 aromatic carbocycles. The quantitative estimate of drug-likeness (QED) is 0.744. The maximum Gasteiger partial charge on any atom is 0.405 e. The summed E-state index contributed by atoms with van der Waals surface area (Å²) in [5.74, 6) is -0.469. The van der Waals surface area contributed by atoms with Crippen LogP contribution in [0.25, 0.3) is 0 Å². The molecule has 1 aliphatic rings. The summed E-state index contributed by atoms with van der Waals surface area (Å²) in [6, 6.07) is 0.457. The zero-order chi connectivity index (χ0) is 17.7. The number of nitrogens with one attached hydrogen (secondary N) is 2. The molecule has 1 aromatic rings. The first kappa shape index (κ1) is 18.5. The molecule has 2 rings (SSSR count). The van der Waals surface area contributed by atoms with Gasteiger partial charge in [-0.05, 0) is 18.5 Å². The van der Waals surface area contributed by atoms with Crippen molar-refractivity contribution in [3.05, 3.63) is 11.3 Å². The summed E-state index contributed by atoms with van der Waals surface area (Å²) in [5.41, 5.74) is 0. The molecule has 1 aromatic heterocycles. The fourth-order valence-corrected chi connectivity index (χ4v) is 2.11. The van der Waals surface area contributed by atoms with E-state index in [1.165, 1.54) is 13.0 Å². The zero-order valence-electron chi connectivity index (χ0n) is 12.7. The summed E-state index contributed by atoms with van der Waals surface area (Å²) >= 11 is 5.80. The molecule has 1 unspecified atom stereocenters. The van der Waals surface area contributed by atoms with Crippen LogP contribution in [0.2, 0.25) is 5.28 Å². The summed E-state index contributed by atoms with van der Waals surface area (Å²) < 4.78 is 47.1. The Kier molecular flexibility index (Phi) is 6.05. The van der Waals surface area contributed by atoms with Crippen molar-refractivity contribution in [2.24, 2.45) is 0 Å². The van der Waals surface area contributed by atoms with Gasteiger partial charge in [-0.25, -0.2) is 4.98 Å². The average molecular weight is 369 g/mol. The molecule has 1 aliphatic heterocycles. The minimum Gasteiger partial charge on any atom is -0.472 e. The van der Waals surface area contributed by atoms with E-state index in [-0.39, 0.29) is 23.1 Å². The molecular weight excluding hydrogens is 353 g/mol. The Hall–Kier alpha value is -1.81. The molecule has 0 aliphatic carbocycles. The van der Waals surface area contributed by atoms with E-state index in [4.69, 9.17) is 21.1 Å². The molecule has 11 heteroatoms. The highest BCUT2D eigenvalue weighted by atomic mass is 35.5. The maximum atomic E-state index is 12.1. The normalized spacial score (nSPS) is 19.0. The fourth-order valence-electron chi connectivity index (χ4n) is 1.94. The van der Waals surface area contributed by atoms with Gasteiger partial charge in [-0.2, -0.15) is 18.2 Å². The van der Waals surface area contributed by atoms with Crippen LogP contribution in [-0.4, -0.2) is 54.0 Å². The van der Waals surface area contributed by atoms with Crippen molar-refractivity contribution < 1.29 is 27.4 Å². The molecule has 1 saturated heterocycles. The van der Waals surface area contributed by atoms with E-state index in [9.17, 15) is 18.0 Å². The smallest absolute Gasteiger partial charge is 0.405 e. The molecule has 1 amide bonds. The SMILES string of the molecule is CC(Nc1cc(O[C@H]2CCOC2)nc(Cl)n1)C(=O)NCC(F)(F)F. The van der Waals surface area contributed by atoms with Gasteiger partial charge in [0.15, 0.2) is 0 Å². The van der Waals surface area contributed by atoms with Crippen LogP contribution in [0.5, 0.6) is 5.88 Å². The van der Waals surface area contributed by atoms with Gasteiger partial charge in [0.05, 0.1) is 13.2 Å². The van der Waals surface area contributed by atoms with Crippen LogP contribution in [0.3, 0.4) is 0 Å². The van der Waals surface area contributed by atoms with Gasteiger partial charge < -0.3 is 20.1 Å². The van der Waals surface area contributed by atoms with Crippen LogP contribution in [0, 0.1) is 0 Å². The number of carbonyl (C=O) groups excluding carboxylic acids is 1. The second-order valence-corrected chi connectivity index (χ2v) is 5.50. The second kappa shape index (κ2) is 7.84. The lowest BCUT2D eigenvalue weighted by Crippen LogP contribution is -2.42. The molecule has 0 radical (unpaired) electrons. The van der Waals surface area contributed by atoms with Crippen LogP contribution >= 0.6 is 11.6 Å².